The SMILES string of the molecule is CNc1cc(C(=O)NCCCCN(C)C)cc(C(C)C)n1. The summed E-state index contributed by atoms with van der Waals surface area (Å²) in [5, 5.41) is 5.99. The van der Waals surface area contributed by atoms with Crippen molar-refractivity contribution in [3.8, 4) is 0 Å². The molecule has 1 amide bonds. The molecule has 1 aromatic heterocycles. The summed E-state index contributed by atoms with van der Waals surface area (Å²) in [6.45, 7) is 5.91. The topological polar surface area (TPSA) is 57.3 Å². The second kappa shape index (κ2) is 8.62. The van der Waals surface area contributed by atoms with Gasteiger partial charge in [0.1, 0.15) is 5.82 Å². The maximum atomic E-state index is 12.2. The van der Waals surface area contributed by atoms with Gasteiger partial charge in [-0.1, -0.05) is 13.8 Å². The van der Waals surface area contributed by atoms with Crippen LogP contribution in [0.5, 0.6) is 0 Å². The maximum Gasteiger partial charge on any atom is 0.251 e. The fraction of sp³-hybridized carbons (Fsp3) is 0.625. The highest BCUT2D eigenvalue weighted by molar-refractivity contribution is 5.95. The van der Waals surface area contributed by atoms with Crippen LogP contribution < -0.4 is 10.6 Å². The van der Waals surface area contributed by atoms with Crippen LogP contribution in [0.3, 0.4) is 0 Å². The Bertz CT molecular complexity index is 458. The molecule has 0 unspecified atom stereocenters. The van der Waals surface area contributed by atoms with E-state index in [2.05, 4.69) is 48.5 Å². The number of unbranched alkanes of at least 4 members (excludes halogenated alkanes) is 1. The number of carbonyl (C=O) groups is 1. The highest BCUT2D eigenvalue weighted by Gasteiger charge is 2.11. The Hall–Kier alpha value is -1.62. The van der Waals surface area contributed by atoms with Crippen LogP contribution in [0.1, 0.15) is 48.7 Å². The number of hydrogen-bond donors (Lipinski definition) is 2. The van der Waals surface area contributed by atoms with E-state index in [1.165, 1.54) is 0 Å². The van der Waals surface area contributed by atoms with Gasteiger partial charge in [-0.05, 0) is 51.5 Å². The third kappa shape index (κ3) is 6.12. The van der Waals surface area contributed by atoms with Gasteiger partial charge in [-0.15, -0.1) is 0 Å². The molecule has 0 fully saturated rings. The average molecular weight is 292 g/mol. The number of pyridine rings is 1. The zero-order valence-electron chi connectivity index (χ0n) is 13.9. The van der Waals surface area contributed by atoms with Gasteiger partial charge >= 0.3 is 0 Å². The molecule has 1 aromatic rings. The molecule has 2 N–H and O–H groups in total. The smallest absolute Gasteiger partial charge is 0.251 e. The van der Waals surface area contributed by atoms with E-state index < -0.39 is 0 Å². The number of hydrogen-bond acceptors (Lipinski definition) is 4. The summed E-state index contributed by atoms with van der Waals surface area (Å²) in [7, 11) is 5.93. The fourth-order valence-corrected chi connectivity index (χ4v) is 1.96. The van der Waals surface area contributed by atoms with Gasteiger partial charge < -0.3 is 15.5 Å². The molecular weight excluding hydrogens is 264 g/mol. The Labute approximate surface area is 128 Å². The molecule has 0 aromatic carbocycles. The van der Waals surface area contributed by atoms with E-state index in [-0.39, 0.29) is 5.91 Å². The van der Waals surface area contributed by atoms with Gasteiger partial charge in [0.25, 0.3) is 5.91 Å². The lowest BCUT2D eigenvalue weighted by Crippen LogP contribution is -2.25. The molecule has 0 aliphatic carbocycles. The van der Waals surface area contributed by atoms with Gasteiger partial charge in [-0.25, -0.2) is 4.98 Å². The maximum absolute atomic E-state index is 12.2. The summed E-state index contributed by atoms with van der Waals surface area (Å²) in [6, 6.07) is 3.67. The molecule has 5 nitrogen and oxygen atoms in total. The Balaban J connectivity index is 2.59. The Kier molecular flexibility index (Phi) is 7.15. The van der Waals surface area contributed by atoms with E-state index in [0.717, 1.165) is 30.9 Å². The van der Waals surface area contributed by atoms with Crippen molar-refractivity contribution in [2.24, 2.45) is 0 Å². The number of rotatable bonds is 8. The Morgan fingerprint density at radius 2 is 2.00 bits per heavy atom. The summed E-state index contributed by atoms with van der Waals surface area (Å²) in [6.07, 6.45) is 2.08. The van der Waals surface area contributed by atoms with Gasteiger partial charge in [0.05, 0.1) is 0 Å². The number of nitrogens with zero attached hydrogens (tertiary/aromatic N) is 2. The Morgan fingerprint density at radius 1 is 1.29 bits per heavy atom. The van der Waals surface area contributed by atoms with Crippen molar-refractivity contribution in [3.63, 3.8) is 0 Å². The summed E-state index contributed by atoms with van der Waals surface area (Å²) in [4.78, 5) is 18.8. The molecule has 21 heavy (non-hydrogen) atoms. The molecule has 0 saturated carbocycles. The van der Waals surface area contributed by atoms with Crippen LogP contribution in [0, 0.1) is 0 Å². The van der Waals surface area contributed by atoms with E-state index >= 15 is 0 Å². The van der Waals surface area contributed by atoms with Gasteiger partial charge in [-0.3, -0.25) is 4.79 Å². The number of carbonyl (C=O) groups excluding carboxylic acids is 1. The van der Waals surface area contributed by atoms with Crippen molar-refractivity contribution in [1.29, 1.82) is 0 Å². The summed E-state index contributed by atoms with van der Waals surface area (Å²) in [5.74, 6) is 1.00. The molecule has 0 saturated heterocycles. The van der Waals surface area contributed by atoms with Gasteiger partial charge in [0.15, 0.2) is 0 Å². The van der Waals surface area contributed by atoms with E-state index in [0.29, 0.717) is 18.0 Å². The van der Waals surface area contributed by atoms with E-state index in [4.69, 9.17) is 0 Å². The Morgan fingerprint density at radius 3 is 2.57 bits per heavy atom. The van der Waals surface area contributed by atoms with Gasteiger partial charge in [0.2, 0.25) is 0 Å². The van der Waals surface area contributed by atoms with Gasteiger partial charge in [0, 0.05) is 24.8 Å². The van der Waals surface area contributed by atoms with Crippen molar-refractivity contribution in [3.05, 3.63) is 23.4 Å². The molecule has 0 radical (unpaired) electrons. The van der Waals surface area contributed by atoms with Crippen molar-refractivity contribution in [2.45, 2.75) is 32.6 Å². The first-order chi connectivity index (χ1) is 9.93. The molecule has 118 valence electrons. The van der Waals surface area contributed by atoms with Crippen LogP contribution >= 0.6 is 0 Å². The van der Waals surface area contributed by atoms with Crippen molar-refractivity contribution in [1.82, 2.24) is 15.2 Å². The normalized spacial score (nSPS) is 11.0. The lowest BCUT2D eigenvalue weighted by Gasteiger charge is -2.12. The fourth-order valence-electron chi connectivity index (χ4n) is 1.96. The molecule has 0 atom stereocenters. The lowest BCUT2D eigenvalue weighted by molar-refractivity contribution is 0.0952. The molecule has 1 rings (SSSR count). The van der Waals surface area contributed by atoms with Crippen LogP contribution in [0.2, 0.25) is 0 Å². The minimum atomic E-state index is -0.0272. The zero-order valence-corrected chi connectivity index (χ0v) is 13.9. The molecule has 5 heteroatoms. The van der Waals surface area contributed by atoms with Gasteiger partial charge in [-0.2, -0.15) is 0 Å². The van der Waals surface area contributed by atoms with Crippen LogP contribution in [-0.2, 0) is 0 Å². The lowest BCUT2D eigenvalue weighted by atomic mass is 10.1. The number of amides is 1. The third-order valence-electron chi connectivity index (χ3n) is 3.27. The van der Waals surface area contributed by atoms with Crippen LogP contribution in [-0.4, -0.2) is 50.0 Å². The molecule has 0 aliphatic rings. The quantitative estimate of drug-likeness (QED) is 0.722. The third-order valence-corrected chi connectivity index (χ3v) is 3.27. The standard InChI is InChI=1S/C16H28N4O/c1-12(2)14-10-13(11-15(17-3)19-14)16(21)18-8-6-7-9-20(4)5/h10-12H,6-9H2,1-5H3,(H,17,19)(H,18,21). The molecule has 0 aliphatic heterocycles. The second-order valence-electron chi connectivity index (χ2n) is 5.84. The molecule has 0 spiro atoms. The zero-order chi connectivity index (χ0) is 15.8. The first kappa shape index (κ1) is 17.4. The van der Waals surface area contributed by atoms with Crippen molar-refractivity contribution >= 4 is 11.7 Å². The minimum Gasteiger partial charge on any atom is -0.373 e. The average Bonchev–Trinajstić information content (AvgIpc) is 2.45. The van der Waals surface area contributed by atoms with E-state index in [1.807, 2.05) is 13.1 Å². The highest BCUT2D eigenvalue weighted by Crippen LogP contribution is 2.17. The molecule has 0 bridgehead atoms. The van der Waals surface area contributed by atoms with Crippen LogP contribution in [0.25, 0.3) is 0 Å². The highest BCUT2D eigenvalue weighted by atomic mass is 16.1. The number of aromatic nitrogens is 1. The minimum absolute atomic E-state index is 0.0272. The monoisotopic (exact) mass is 292 g/mol. The first-order valence-corrected chi connectivity index (χ1v) is 7.56. The summed E-state index contributed by atoms with van der Waals surface area (Å²) in [5.41, 5.74) is 1.60. The second-order valence-corrected chi connectivity index (χ2v) is 5.84. The predicted molar refractivity (Wildman–Crippen MR) is 88.0 cm³/mol. The predicted octanol–water partition coefficient (Wildman–Crippen LogP) is 2.32. The first-order valence-electron chi connectivity index (χ1n) is 7.56. The van der Waals surface area contributed by atoms with Crippen molar-refractivity contribution in [2.75, 3.05) is 39.5 Å². The van der Waals surface area contributed by atoms with Crippen molar-refractivity contribution < 1.29 is 4.79 Å². The molecular formula is C16H28N4O. The summed E-state index contributed by atoms with van der Waals surface area (Å²) >= 11 is 0. The van der Waals surface area contributed by atoms with Crippen LogP contribution in [0.4, 0.5) is 5.82 Å². The van der Waals surface area contributed by atoms with Crippen LogP contribution in [0.15, 0.2) is 12.1 Å². The summed E-state index contributed by atoms with van der Waals surface area (Å²) < 4.78 is 0. The van der Waals surface area contributed by atoms with E-state index in [9.17, 15) is 4.79 Å². The number of anilines is 1. The largest absolute Gasteiger partial charge is 0.373 e. The molecule has 1 heterocycles. The van der Waals surface area contributed by atoms with E-state index in [1.54, 1.807) is 6.07 Å². The number of nitrogens with one attached hydrogen (secondary N) is 2.